The topological polar surface area (TPSA) is 47.0 Å². The normalized spacial score (nSPS) is 12.3. The van der Waals surface area contributed by atoms with Gasteiger partial charge in [-0.3, -0.25) is 0 Å². The quantitative estimate of drug-likeness (QED) is 0.318. The molecule has 32 heavy (non-hydrogen) atoms. The summed E-state index contributed by atoms with van der Waals surface area (Å²) in [7, 11) is -3.67. The molecule has 0 aliphatic heterocycles. The van der Waals surface area contributed by atoms with E-state index >= 15 is 0 Å². The van der Waals surface area contributed by atoms with E-state index in [-0.39, 0.29) is 27.4 Å². The lowest BCUT2D eigenvalue weighted by molar-refractivity contribution is -0.136. The highest BCUT2D eigenvalue weighted by atomic mass is 35.5. The molecule has 0 radical (unpaired) electrons. The summed E-state index contributed by atoms with van der Waals surface area (Å²) in [5.41, 5.74) is 0.553. The van der Waals surface area contributed by atoms with Gasteiger partial charge in [0.1, 0.15) is 0 Å². The van der Waals surface area contributed by atoms with E-state index in [4.69, 9.17) is 11.6 Å². The molecule has 164 valence electrons. The number of para-hydroxylation sites is 1. The van der Waals surface area contributed by atoms with Gasteiger partial charge < -0.3 is 0 Å². The molecule has 0 saturated carbocycles. The Balaban J connectivity index is 2.02. The van der Waals surface area contributed by atoms with Crippen LogP contribution in [0.4, 0.5) is 13.2 Å². The summed E-state index contributed by atoms with van der Waals surface area (Å²) in [5.74, 6) is -0.160. The number of rotatable bonds is 4. The van der Waals surface area contributed by atoms with Gasteiger partial charge in [-0.2, -0.15) is 13.2 Å². The van der Waals surface area contributed by atoms with Crippen molar-refractivity contribution in [3.05, 3.63) is 83.4 Å². The van der Waals surface area contributed by atoms with Crippen LogP contribution in [0.5, 0.6) is 0 Å². The zero-order chi connectivity index (χ0) is 23.1. The van der Waals surface area contributed by atoms with Crippen molar-refractivity contribution in [3.63, 3.8) is 0 Å². The van der Waals surface area contributed by atoms with Gasteiger partial charge >= 0.3 is 6.18 Å². The molecule has 1 aromatic heterocycles. The van der Waals surface area contributed by atoms with Gasteiger partial charge in [-0.1, -0.05) is 61.0 Å². The molecule has 1 heterocycles. The lowest BCUT2D eigenvalue weighted by atomic mass is 10.0. The Hall–Kier alpha value is -2.90. The Morgan fingerprint density at radius 1 is 0.906 bits per heavy atom. The summed E-state index contributed by atoms with van der Waals surface area (Å²) < 4.78 is 66.2. The first kappa shape index (κ1) is 22.3. The number of fused-ring (bicyclic) bond motifs is 1. The Bertz CT molecular complexity index is 1430. The van der Waals surface area contributed by atoms with Crippen LogP contribution in [0.1, 0.15) is 12.5 Å². The van der Waals surface area contributed by atoms with E-state index in [0.717, 1.165) is 6.07 Å². The summed E-state index contributed by atoms with van der Waals surface area (Å²) in [5, 5.41) is 0.779. The van der Waals surface area contributed by atoms with Crippen molar-refractivity contribution < 1.29 is 21.6 Å². The van der Waals surface area contributed by atoms with E-state index < -0.39 is 21.6 Å². The van der Waals surface area contributed by atoms with E-state index in [0.29, 0.717) is 21.5 Å². The van der Waals surface area contributed by atoms with Crippen LogP contribution in [-0.2, 0) is 16.0 Å². The lowest BCUT2D eigenvalue weighted by Gasteiger charge is -2.14. The third-order valence-electron chi connectivity index (χ3n) is 5.18. The Morgan fingerprint density at radius 3 is 2.34 bits per heavy atom. The second-order valence-corrected chi connectivity index (χ2v) is 9.82. The lowest BCUT2D eigenvalue weighted by Crippen LogP contribution is -2.08. The number of benzene rings is 3. The van der Waals surface area contributed by atoms with Crippen LogP contribution >= 0.6 is 11.6 Å². The molecule has 0 amide bonds. The van der Waals surface area contributed by atoms with Gasteiger partial charge in [-0.25, -0.2) is 13.4 Å². The SMILES string of the molecule is CCS(=O)(=O)c1ccc(-c2ccccc2Cl)cc1-c1ccc2cccc(C(F)(F)F)c2n1. The fraction of sp³-hybridized carbons (Fsp3) is 0.125. The van der Waals surface area contributed by atoms with Crippen LogP contribution in [0.3, 0.4) is 0 Å². The molecule has 0 bridgehead atoms. The molecule has 0 aliphatic rings. The van der Waals surface area contributed by atoms with Crippen LogP contribution in [0.15, 0.2) is 77.7 Å². The summed E-state index contributed by atoms with van der Waals surface area (Å²) in [6.45, 7) is 1.51. The molecule has 0 unspecified atom stereocenters. The minimum atomic E-state index is -4.59. The number of sulfone groups is 1. The van der Waals surface area contributed by atoms with Crippen molar-refractivity contribution in [2.45, 2.75) is 18.0 Å². The first-order valence-corrected chi connectivity index (χ1v) is 11.7. The standard InChI is InChI=1S/C24H17ClF3NO2S/c1-2-32(30,31)22-13-11-16(17-7-3-4-9-20(17)25)14-18(22)21-12-10-15-6-5-8-19(23(15)29-21)24(26,27)28/h3-14H,2H2,1H3. The fourth-order valence-corrected chi connectivity index (χ4v) is 4.88. The van der Waals surface area contributed by atoms with E-state index in [1.54, 1.807) is 36.4 Å². The third kappa shape index (κ3) is 4.10. The van der Waals surface area contributed by atoms with Crippen molar-refractivity contribution in [1.29, 1.82) is 0 Å². The van der Waals surface area contributed by atoms with Crippen LogP contribution in [0.2, 0.25) is 5.02 Å². The summed E-state index contributed by atoms with van der Waals surface area (Å²) in [4.78, 5) is 4.27. The van der Waals surface area contributed by atoms with Gasteiger partial charge in [0.2, 0.25) is 0 Å². The number of aromatic nitrogens is 1. The van der Waals surface area contributed by atoms with E-state index in [9.17, 15) is 21.6 Å². The highest BCUT2D eigenvalue weighted by Crippen LogP contribution is 2.38. The smallest absolute Gasteiger partial charge is 0.247 e. The highest BCUT2D eigenvalue weighted by molar-refractivity contribution is 7.91. The number of hydrogen-bond acceptors (Lipinski definition) is 3. The molecule has 0 saturated heterocycles. The van der Waals surface area contributed by atoms with Crippen molar-refractivity contribution in [1.82, 2.24) is 4.98 Å². The largest absolute Gasteiger partial charge is 0.418 e. The molecule has 0 fully saturated rings. The van der Waals surface area contributed by atoms with Crippen LogP contribution in [-0.4, -0.2) is 19.2 Å². The number of nitrogens with zero attached hydrogens (tertiary/aromatic N) is 1. The first-order chi connectivity index (χ1) is 15.1. The van der Waals surface area contributed by atoms with Gasteiger partial charge in [0.05, 0.1) is 27.4 Å². The van der Waals surface area contributed by atoms with Gasteiger partial charge in [-0.15, -0.1) is 0 Å². The average molecular weight is 476 g/mol. The molecule has 0 N–H and O–H groups in total. The minimum Gasteiger partial charge on any atom is -0.247 e. The molecule has 3 nitrogen and oxygen atoms in total. The predicted molar refractivity (Wildman–Crippen MR) is 120 cm³/mol. The number of pyridine rings is 1. The van der Waals surface area contributed by atoms with Crippen LogP contribution in [0, 0.1) is 0 Å². The number of halogens is 4. The van der Waals surface area contributed by atoms with Gasteiger partial charge in [0.25, 0.3) is 0 Å². The molecular weight excluding hydrogens is 459 g/mol. The molecule has 4 aromatic rings. The van der Waals surface area contributed by atoms with Crippen LogP contribution < -0.4 is 0 Å². The first-order valence-electron chi connectivity index (χ1n) is 9.71. The predicted octanol–water partition coefficient (Wildman–Crippen LogP) is 7.03. The highest BCUT2D eigenvalue weighted by Gasteiger charge is 2.33. The maximum Gasteiger partial charge on any atom is 0.418 e. The zero-order valence-corrected chi connectivity index (χ0v) is 18.4. The van der Waals surface area contributed by atoms with E-state index in [1.807, 2.05) is 0 Å². The average Bonchev–Trinajstić information content (AvgIpc) is 2.77. The Kier molecular flexibility index (Phi) is 5.73. The molecule has 4 rings (SSSR count). The van der Waals surface area contributed by atoms with Gasteiger partial charge in [-0.05, 0) is 35.9 Å². The maximum absolute atomic E-state index is 13.6. The van der Waals surface area contributed by atoms with Crippen molar-refractivity contribution in [2.24, 2.45) is 0 Å². The third-order valence-corrected chi connectivity index (χ3v) is 7.30. The molecule has 0 atom stereocenters. The summed E-state index contributed by atoms with van der Waals surface area (Å²) >= 11 is 6.30. The van der Waals surface area contributed by atoms with E-state index in [2.05, 4.69) is 4.98 Å². The Morgan fingerprint density at radius 2 is 1.66 bits per heavy atom. The van der Waals surface area contributed by atoms with E-state index in [1.165, 1.54) is 37.3 Å². The Labute approximate surface area is 188 Å². The summed E-state index contributed by atoms with van der Waals surface area (Å²) in [6, 6.07) is 18.6. The second-order valence-electron chi connectivity index (χ2n) is 7.17. The molecular formula is C24H17ClF3NO2S. The molecule has 0 aliphatic carbocycles. The van der Waals surface area contributed by atoms with Crippen LogP contribution in [0.25, 0.3) is 33.3 Å². The fourth-order valence-electron chi connectivity index (χ4n) is 3.55. The molecule has 0 spiro atoms. The minimum absolute atomic E-state index is 0.00661. The monoisotopic (exact) mass is 475 g/mol. The van der Waals surface area contributed by atoms with Gasteiger partial charge in [0, 0.05) is 21.5 Å². The van der Waals surface area contributed by atoms with Gasteiger partial charge in [0.15, 0.2) is 9.84 Å². The summed E-state index contributed by atoms with van der Waals surface area (Å²) in [6.07, 6.45) is -4.59. The van der Waals surface area contributed by atoms with Crippen molar-refractivity contribution in [2.75, 3.05) is 5.75 Å². The second kappa shape index (κ2) is 8.22. The number of hydrogen-bond donors (Lipinski definition) is 0. The molecule has 3 aromatic carbocycles. The van der Waals surface area contributed by atoms with Crippen molar-refractivity contribution in [3.8, 4) is 22.4 Å². The van der Waals surface area contributed by atoms with Crippen molar-refractivity contribution >= 4 is 32.3 Å². The molecule has 8 heteroatoms. The number of alkyl halides is 3. The maximum atomic E-state index is 13.6. The zero-order valence-electron chi connectivity index (χ0n) is 16.8.